The van der Waals surface area contributed by atoms with Crippen molar-refractivity contribution in [2.24, 2.45) is 0 Å². The van der Waals surface area contributed by atoms with Crippen molar-refractivity contribution in [3.05, 3.63) is 99.0 Å². The first-order valence-corrected chi connectivity index (χ1v) is 14.2. The van der Waals surface area contributed by atoms with Crippen molar-refractivity contribution < 1.29 is 14.3 Å². The van der Waals surface area contributed by atoms with Gasteiger partial charge in [0.1, 0.15) is 11.8 Å². The first-order chi connectivity index (χ1) is 18.2. The van der Waals surface area contributed by atoms with Crippen LogP contribution in [0.25, 0.3) is 0 Å². The van der Waals surface area contributed by atoms with Gasteiger partial charge in [-0.25, -0.2) is 0 Å². The fourth-order valence-corrected chi connectivity index (χ4v) is 4.73. The van der Waals surface area contributed by atoms with Crippen LogP contribution in [0, 0.1) is 0 Å². The van der Waals surface area contributed by atoms with Crippen molar-refractivity contribution in [1.29, 1.82) is 0 Å². The van der Waals surface area contributed by atoms with Crippen molar-refractivity contribution >= 4 is 39.3 Å². The first kappa shape index (κ1) is 29.7. The summed E-state index contributed by atoms with van der Waals surface area (Å²) in [5, 5.41) is 3.61. The lowest BCUT2D eigenvalue weighted by molar-refractivity contribution is -0.143. The van der Waals surface area contributed by atoms with Crippen LogP contribution in [0.1, 0.15) is 56.7 Å². The molecule has 0 aliphatic heterocycles. The molecule has 7 heteroatoms. The quantitative estimate of drug-likeness (QED) is 0.240. The van der Waals surface area contributed by atoms with E-state index in [0.29, 0.717) is 23.1 Å². The normalized spacial score (nSPS) is 12.6. The molecule has 2 amide bonds. The van der Waals surface area contributed by atoms with Gasteiger partial charge in [0.05, 0.1) is 4.47 Å². The van der Waals surface area contributed by atoms with Crippen molar-refractivity contribution in [1.82, 2.24) is 10.2 Å². The Morgan fingerprint density at radius 2 is 1.68 bits per heavy atom. The number of carbonyl (C=O) groups excluding carboxylic acids is 2. The van der Waals surface area contributed by atoms with Crippen LogP contribution in [0.15, 0.2) is 77.3 Å². The minimum absolute atomic E-state index is 0.0234. The van der Waals surface area contributed by atoms with E-state index >= 15 is 0 Å². The molecule has 1 N–H and O–H groups in total. The topological polar surface area (TPSA) is 58.6 Å². The Hall–Kier alpha value is -2.83. The molecular weight excluding hydrogens is 564 g/mol. The van der Waals surface area contributed by atoms with Crippen LogP contribution in [0.4, 0.5) is 0 Å². The Bertz CT molecular complexity index is 1220. The van der Waals surface area contributed by atoms with E-state index < -0.39 is 6.04 Å². The molecule has 0 spiro atoms. The van der Waals surface area contributed by atoms with E-state index in [4.69, 9.17) is 16.3 Å². The number of amides is 2. The van der Waals surface area contributed by atoms with E-state index in [1.807, 2.05) is 80.6 Å². The zero-order valence-electron chi connectivity index (χ0n) is 22.4. The lowest BCUT2D eigenvalue weighted by Gasteiger charge is -2.32. The van der Waals surface area contributed by atoms with Gasteiger partial charge in [0.2, 0.25) is 5.91 Å². The van der Waals surface area contributed by atoms with Crippen LogP contribution >= 0.6 is 27.5 Å². The standard InChI is InChI=1S/C31H36BrClN2O3/c1-5-22(4)34-31(37)28(17-23-11-7-6-8-12-23)35(19-25-13-9-10-14-27(25)33)30(36)20-38-29-16-15-24(21(2)3)18-26(29)32/h6-16,18,21-22,28H,5,17,19-20H2,1-4H3,(H,34,37)/t22-,28+/m1/s1. The Morgan fingerprint density at radius 3 is 2.32 bits per heavy atom. The SMILES string of the molecule is CC[C@@H](C)NC(=O)[C@H](Cc1ccccc1)N(Cc1ccccc1Cl)C(=O)COc1ccc(C(C)C)cc1Br. The molecule has 0 saturated heterocycles. The van der Waals surface area contributed by atoms with Crippen molar-refractivity contribution in [2.45, 2.75) is 65.1 Å². The molecule has 3 aromatic rings. The second kappa shape index (κ2) is 14.4. The van der Waals surface area contributed by atoms with E-state index in [1.54, 1.807) is 11.0 Å². The highest BCUT2D eigenvalue weighted by Gasteiger charge is 2.31. The van der Waals surface area contributed by atoms with Gasteiger partial charge in [-0.1, -0.05) is 87.0 Å². The molecule has 5 nitrogen and oxygen atoms in total. The average molecular weight is 600 g/mol. The second-order valence-electron chi connectivity index (χ2n) is 9.77. The van der Waals surface area contributed by atoms with Gasteiger partial charge in [0.15, 0.2) is 6.61 Å². The monoisotopic (exact) mass is 598 g/mol. The Balaban J connectivity index is 1.92. The molecule has 0 saturated carbocycles. The van der Waals surface area contributed by atoms with Crippen LogP contribution in [0.2, 0.25) is 5.02 Å². The third-order valence-electron chi connectivity index (χ3n) is 6.54. The summed E-state index contributed by atoms with van der Waals surface area (Å²) >= 11 is 10.0. The molecular formula is C31H36BrClN2O3. The Kier molecular flexibility index (Phi) is 11.2. The summed E-state index contributed by atoms with van der Waals surface area (Å²) in [5.74, 6) is 0.441. The van der Waals surface area contributed by atoms with E-state index in [9.17, 15) is 9.59 Å². The van der Waals surface area contributed by atoms with Gasteiger partial charge in [-0.3, -0.25) is 9.59 Å². The summed E-state index contributed by atoms with van der Waals surface area (Å²) in [5.41, 5.74) is 2.89. The van der Waals surface area contributed by atoms with Crippen molar-refractivity contribution in [2.75, 3.05) is 6.61 Å². The van der Waals surface area contributed by atoms with Crippen LogP contribution in [0.5, 0.6) is 5.75 Å². The van der Waals surface area contributed by atoms with E-state index in [0.717, 1.165) is 22.0 Å². The molecule has 0 unspecified atom stereocenters. The van der Waals surface area contributed by atoms with Gasteiger partial charge in [0.25, 0.3) is 5.91 Å². The maximum absolute atomic E-state index is 13.8. The van der Waals surface area contributed by atoms with Crippen LogP contribution < -0.4 is 10.1 Å². The summed E-state index contributed by atoms with van der Waals surface area (Å²) < 4.78 is 6.74. The number of carbonyl (C=O) groups is 2. The van der Waals surface area contributed by atoms with Gasteiger partial charge in [-0.15, -0.1) is 0 Å². The maximum Gasteiger partial charge on any atom is 0.261 e. The predicted molar refractivity (Wildman–Crippen MR) is 158 cm³/mol. The molecule has 0 radical (unpaired) electrons. The highest BCUT2D eigenvalue weighted by Crippen LogP contribution is 2.29. The first-order valence-electron chi connectivity index (χ1n) is 13.0. The third kappa shape index (κ3) is 8.34. The molecule has 0 bridgehead atoms. The van der Waals surface area contributed by atoms with Gasteiger partial charge >= 0.3 is 0 Å². The number of rotatable bonds is 12. The second-order valence-corrected chi connectivity index (χ2v) is 11.0. The van der Waals surface area contributed by atoms with Crippen LogP contribution in [-0.4, -0.2) is 35.4 Å². The number of hydrogen-bond donors (Lipinski definition) is 1. The van der Waals surface area contributed by atoms with Crippen molar-refractivity contribution in [3.63, 3.8) is 0 Å². The molecule has 0 fully saturated rings. The molecule has 0 heterocycles. The Morgan fingerprint density at radius 1 is 1.00 bits per heavy atom. The Labute approximate surface area is 239 Å². The fraction of sp³-hybridized carbons (Fsp3) is 0.355. The molecule has 3 aromatic carbocycles. The van der Waals surface area contributed by atoms with E-state index in [2.05, 4.69) is 35.1 Å². The average Bonchev–Trinajstić information content (AvgIpc) is 2.91. The van der Waals surface area contributed by atoms with Crippen LogP contribution in [0.3, 0.4) is 0 Å². The predicted octanol–water partition coefficient (Wildman–Crippen LogP) is 7.16. The highest BCUT2D eigenvalue weighted by atomic mass is 79.9. The summed E-state index contributed by atoms with van der Waals surface area (Å²) in [6.45, 7) is 8.18. The van der Waals surface area contributed by atoms with E-state index in [-0.39, 0.29) is 31.0 Å². The molecule has 3 rings (SSSR count). The lowest BCUT2D eigenvalue weighted by Crippen LogP contribution is -2.53. The summed E-state index contributed by atoms with van der Waals surface area (Å²) in [6, 6.07) is 22.2. The minimum atomic E-state index is -0.745. The molecule has 2 atom stereocenters. The third-order valence-corrected chi connectivity index (χ3v) is 7.53. The largest absolute Gasteiger partial charge is 0.483 e. The molecule has 0 aliphatic rings. The molecule has 0 aliphatic carbocycles. The van der Waals surface area contributed by atoms with Gasteiger partial charge in [0, 0.05) is 24.0 Å². The van der Waals surface area contributed by atoms with E-state index in [1.165, 1.54) is 5.56 Å². The maximum atomic E-state index is 13.8. The lowest BCUT2D eigenvalue weighted by atomic mass is 10.0. The van der Waals surface area contributed by atoms with Crippen LogP contribution in [-0.2, 0) is 22.6 Å². The smallest absolute Gasteiger partial charge is 0.261 e. The minimum Gasteiger partial charge on any atom is -0.483 e. The molecule has 202 valence electrons. The number of nitrogens with zero attached hydrogens (tertiary/aromatic N) is 1. The number of nitrogens with one attached hydrogen (secondary N) is 1. The molecule has 0 aromatic heterocycles. The van der Waals surface area contributed by atoms with Gasteiger partial charge < -0.3 is 15.0 Å². The summed E-state index contributed by atoms with van der Waals surface area (Å²) in [7, 11) is 0. The zero-order chi connectivity index (χ0) is 27.7. The van der Waals surface area contributed by atoms with Gasteiger partial charge in [-0.05, 0) is 70.1 Å². The number of halogens is 2. The number of ether oxygens (including phenoxy) is 1. The number of hydrogen-bond acceptors (Lipinski definition) is 3. The highest BCUT2D eigenvalue weighted by molar-refractivity contribution is 9.10. The van der Waals surface area contributed by atoms with Gasteiger partial charge in [-0.2, -0.15) is 0 Å². The fourth-order valence-electron chi connectivity index (χ4n) is 4.02. The van der Waals surface area contributed by atoms with Crippen molar-refractivity contribution in [3.8, 4) is 5.75 Å². The summed E-state index contributed by atoms with van der Waals surface area (Å²) in [6.07, 6.45) is 1.15. The molecule has 38 heavy (non-hydrogen) atoms. The number of benzene rings is 3. The summed E-state index contributed by atoms with van der Waals surface area (Å²) in [4.78, 5) is 28.9. The zero-order valence-corrected chi connectivity index (χ0v) is 24.8.